The number of nitrogens with one attached hydrogen (secondary N) is 2. The number of hydrogen-bond acceptors (Lipinski definition) is 4. The average molecular weight is 328 g/mol. The van der Waals surface area contributed by atoms with Crippen LogP contribution in [-0.4, -0.2) is 41.0 Å². The molecule has 1 aromatic carbocycles. The van der Waals surface area contributed by atoms with Crippen molar-refractivity contribution in [1.82, 2.24) is 14.9 Å². The number of rotatable bonds is 5. The summed E-state index contributed by atoms with van der Waals surface area (Å²) in [6, 6.07) is 10.4. The Balaban J connectivity index is 1.71. The van der Waals surface area contributed by atoms with Crippen LogP contribution in [0.1, 0.15) is 24.6 Å². The van der Waals surface area contributed by atoms with Gasteiger partial charge in [-0.3, -0.25) is 14.7 Å². The van der Waals surface area contributed by atoms with Gasteiger partial charge in [-0.2, -0.15) is 0 Å². The first-order valence-corrected chi connectivity index (χ1v) is 8.54. The van der Waals surface area contributed by atoms with Crippen molar-refractivity contribution in [3.05, 3.63) is 62.4 Å². The van der Waals surface area contributed by atoms with E-state index in [0.717, 1.165) is 44.8 Å². The predicted molar refractivity (Wildman–Crippen MR) is 95.6 cm³/mol. The molecule has 0 atom stereocenters. The van der Waals surface area contributed by atoms with E-state index >= 15 is 0 Å². The van der Waals surface area contributed by atoms with Crippen LogP contribution in [0.15, 0.2) is 39.9 Å². The Morgan fingerprint density at radius 1 is 1.00 bits per heavy atom. The van der Waals surface area contributed by atoms with Gasteiger partial charge in [-0.1, -0.05) is 43.7 Å². The molecule has 0 radical (unpaired) electrons. The lowest BCUT2D eigenvalue weighted by Crippen LogP contribution is -2.48. The van der Waals surface area contributed by atoms with E-state index in [0.29, 0.717) is 12.1 Å². The number of anilines is 1. The molecule has 3 rings (SSSR count). The third-order valence-electron chi connectivity index (χ3n) is 4.43. The van der Waals surface area contributed by atoms with E-state index in [2.05, 4.69) is 44.0 Å². The summed E-state index contributed by atoms with van der Waals surface area (Å²) in [5.41, 5.74) is 1.99. The van der Waals surface area contributed by atoms with E-state index < -0.39 is 5.69 Å². The zero-order chi connectivity index (χ0) is 16.9. The van der Waals surface area contributed by atoms with Gasteiger partial charge in [-0.05, 0) is 12.0 Å². The van der Waals surface area contributed by atoms with E-state index in [1.165, 1.54) is 5.56 Å². The predicted octanol–water partition coefficient (Wildman–Crippen LogP) is 1.34. The SMILES string of the molecule is CCCc1[nH]c(=O)[nH]c(=O)c1N1CCN(Cc2ccccc2)CC1. The summed E-state index contributed by atoms with van der Waals surface area (Å²) in [5.74, 6) is 0. The first-order chi connectivity index (χ1) is 11.7. The summed E-state index contributed by atoms with van der Waals surface area (Å²) >= 11 is 0. The van der Waals surface area contributed by atoms with Crippen molar-refractivity contribution in [2.75, 3.05) is 31.1 Å². The second-order valence-electron chi connectivity index (χ2n) is 6.23. The molecular weight excluding hydrogens is 304 g/mol. The molecule has 1 aliphatic heterocycles. The molecule has 1 aromatic heterocycles. The Morgan fingerprint density at radius 2 is 1.71 bits per heavy atom. The minimum atomic E-state index is -0.421. The minimum Gasteiger partial charge on any atom is -0.363 e. The molecule has 6 heteroatoms. The molecule has 0 bridgehead atoms. The number of nitrogens with zero attached hydrogens (tertiary/aromatic N) is 2. The molecule has 0 unspecified atom stereocenters. The van der Waals surface area contributed by atoms with Crippen LogP contribution in [0.5, 0.6) is 0 Å². The van der Waals surface area contributed by atoms with Gasteiger partial charge in [-0.25, -0.2) is 4.79 Å². The molecule has 0 aliphatic carbocycles. The summed E-state index contributed by atoms with van der Waals surface area (Å²) in [7, 11) is 0. The molecule has 6 nitrogen and oxygen atoms in total. The van der Waals surface area contributed by atoms with Crippen molar-refractivity contribution in [1.29, 1.82) is 0 Å². The van der Waals surface area contributed by atoms with E-state index in [-0.39, 0.29) is 5.56 Å². The highest BCUT2D eigenvalue weighted by atomic mass is 16.2. The van der Waals surface area contributed by atoms with Crippen LogP contribution >= 0.6 is 0 Å². The fourth-order valence-electron chi connectivity index (χ4n) is 3.26. The van der Waals surface area contributed by atoms with Crippen LogP contribution < -0.4 is 16.1 Å². The molecule has 24 heavy (non-hydrogen) atoms. The molecule has 2 N–H and O–H groups in total. The Morgan fingerprint density at radius 3 is 2.38 bits per heavy atom. The fraction of sp³-hybridized carbons (Fsp3) is 0.444. The van der Waals surface area contributed by atoms with Crippen molar-refractivity contribution >= 4 is 5.69 Å². The lowest BCUT2D eigenvalue weighted by atomic mass is 10.1. The van der Waals surface area contributed by atoms with E-state index in [4.69, 9.17) is 0 Å². The monoisotopic (exact) mass is 328 g/mol. The maximum Gasteiger partial charge on any atom is 0.326 e. The number of piperazine rings is 1. The molecule has 0 spiro atoms. The number of aromatic amines is 2. The third-order valence-corrected chi connectivity index (χ3v) is 4.43. The molecule has 128 valence electrons. The number of H-pyrrole nitrogens is 2. The summed E-state index contributed by atoms with van der Waals surface area (Å²) in [6.07, 6.45) is 1.60. The first-order valence-electron chi connectivity index (χ1n) is 8.54. The molecule has 1 aliphatic rings. The standard InChI is InChI=1S/C18H24N4O2/c1-2-6-15-16(17(23)20-18(24)19-15)22-11-9-21(10-12-22)13-14-7-4-3-5-8-14/h3-5,7-8H,2,6,9-13H2,1H3,(H2,19,20,23,24). The average Bonchev–Trinajstić information content (AvgIpc) is 2.57. The van der Waals surface area contributed by atoms with Gasteiger partial charge in [0.1, 0.15) is 5.69 Å². The highest BCUT2D eigenvalue weighted by molar-refractivity contribution is 5.49. The van der Waals surface area contributed by atoms with Crippen molar-refractivity contribution in [2.24, 2.45) is 0 Å². The van der Waals surface area contributed by atoms with Crippen LogP contribution in [0.2, 0.25) is 0 Å². The summed E-state index contributed by atoms with van der Waals surface area (Å²) in [6.45, 7) is 6.36. The number of hydrogen-bond donors (Lipinski definition) is 2. The highest BCUT2D eigenvalue weighted by Gasteiger charge is 2.22. The van der Waals surface area contributed by atoms with Gasteiger partial charge < -0.3 is 9.88 Å². The maximum atomic E-state index is 12.3. The third kappa shape index (κ3) is 3.76. The Kier molecular flexibility index (Phi) is 5.15. The maximum absolute atomic E-state index is 12.3. The van der Waals surface area contributed by atoms with Gasteiger partial charge in [0.15, 0.2) is 0 Å². The van der Waals surface area contributed by atoms with Crippen molar-refractivity contribution in [3.63, 3.8) is 0 Å². The number of aromatic nitrogens is 2. The van der Waals surface area contributed by atoms with Crippen LogP contribution in [0.25, 0.3) is 0 Å². The van der Waals surface area contributed by atoms with Crippen molar-refractivity contribution in [2.45, 2.75) is 26.3 Å². The number of aryl methyl sites for hydroxylation is 1. The smallest absolute Gasteiger partial charge is 0.326 e. The first kappa shape index (κ1) is 16.5. The zero-order valence-corrected chi connectivity index (χ0v) is 14.0. The molecule has 1 fully saturated rings. The summed E-state index contributed by atoms with van der Waals surface area (Å²) < 4.78 is 0. The second-order valence-corrected chi connectivity index (χ2v) is 6.23. The number of benzene rings is 1. The Bertz CT molecular complexity index is 774. The van der Waals surface area contributed by atoms with Crippen LogP contribution in [-0.2, 0) is 13.0 Å². The quantitative estimate of drug-likeness (QED) is 0.869. The lowest BCUT2D eigenvalue weighted by molar-refractivity contribution is 0.249. The van der Waals surface area contributed by atoms with E-state index in [9.17, 15) is 9.59 Å². The van der Waals surface area contributed by atoms with Gasteiger partial charge in [0.05, 0.1) is 0 Å². The summed E-state index contributed by atoms with van der Waals surface area (Å²) in [4.78, 5) is 33.5. The van der Waals surface area contributed by atoms with Gasteiger partial charge in [0.25, 0.3) is 5.56 Å². The second kappa shape index (κ2) is 7.49. The Hall–Kier alpha value is -2.34. The largest absolute Gasteiger partial charge is 0.363 e. The zero-order valence-electron chi connectivity index (χ0n) is 14.0. The fourth-order valence-corrected chi connectivity index (χ4v) is 3.26. The molecule has 2 aromatic rings. The molecule has 2 heterocycles. The molecule has 0 amide bonds. The van der Waals surface area contributed by atoms with Crippen LogP contribution in [0.4, 0.5) is 5.69 Å². The van der Waals surface area contributed by atoms with Crippen LogP contribution in [0.3, 0.4) is 0 Å². The van der Waals surface area contributed by atoms with Crippen molar-refractivity contribution in [3.8, 4) is 0 Å². The lowest BCUT2D eigenvalue weighted by Gasteiger charge is -2.36. The molecule has 0 saturated carbocycles. The molecule has 1 saturated heterocycles. The van der Waals surface area contributed by atoms with Crippen molar-refractivity contribution < 1.29 is 0 Å². The van der Waals surface area contributed by atoms with Crippen LogP contribution in [0, 0.1) is 0 Å². The highest BCUT2D eigenvalue weighted by Crippen LogP contribution is 2.17. The summed E-state index contributed by atoms with van der Waals surface area (Å²) in [5, 5.41) is 0. The topological polar surface area (TPSA) is 72.2 Å². The van der Waals surface area contributed by atoms with E-state index in [1.807, 2.05) is 13.0 Å². The Labute approximate surface area is 141 Å². The van der Waals surface area contributed by atoms with Gasteiger partial charge in [0, 0.05) is 38.4 Å². The van der Waals surface area contributed by atoms with Gasteiger partial charge in [-0.15, -0.1) is 0 Å². The molecular formula is C18H24N4O2. The van der Waals surface area contributed by atoms with Gasteiger partial charge in [0.2, 0.25) is 0 Å². The normalized spacial score (nSPS) is 15.6. The van der Waals surface area contributed by atoms with E-state index in [1.54, 1.807) is 0 Å². The minimum absolute atomic E-state index is 0.279. The van der Waals surface area contributed by atoms with Gasteiger partial charge >= 0.3 is 5.69 Å².